The zero-order chi connectivity index (χ0) is 12.1. The first-order valence-electron chi connectivity index (χ1n) is 5.81. The van der Waals surface area contributed by atoms with E-state index in [4.69, 9.17) is 0 Å². The molecule has 2 heterocycles. The summed E-state index contributed by atoms with van der Waals surface area (Å²) < 4.78 is 1.85. The highest BCUT2D eigenvalue weighted by Crippen LogP contribution is 2.17. The van der Waals surface area contributed by atoms with E-state index in [1.165, 1.54) is 0 Å². The Labute approximate surface area is 101 Å². The van der Waals surface area contributed by atoms with E-state index in [1.54, 1.807) is 18.6 Å². The van der Waals surface area contributed by atoms with Gasteiger partial charge in [0.1, 0.15) is 6.04 Å². The largest absolute Gasteiger partial charge is 0.302 e. The molecule has 0 saturated heterocycles. The third kappa shape index (κ3) is 2.68. The Bertz CT molecular complexity index is 451. The van der Waals surface area contributed by atoms with Gasteiger partial charge in [-0.1, -0.05) is 6.92 Å². The first kappa shape index (κ1) is 11.7. The number of nitrogens with one attached hydrogen (secondary N) is 1. The highest BCUT2D eigenvalue weighted by Gasteiger charge is 2.18. The lowest BCUT2D eigenvalue weighted by Crippen LogP contribution is -2.26. The smallest absolute Gasteiger partial charge is 0.151 e. The Balaban J connectivity index is 2.29. The molecule has 90 valence electrons. The number of aryl methyl sites for hydroxylation is 1. The minimum absolute atomic E-state index is 0.00338. The van der Waals surface area contributed by atoms with E-state index in [2.05, 4.69) is 27.3 Å². The molecular weight excluding hydrogens is 214 g/mol. The molecule has 17 heavy (non-hydrogen) atoms. The highest BCUT2D eigenvalue weighted by molar-refractivity contribution is 5.16. The Hall–Kier alpha value is -1.75. The topological polar surface area (TPSA) is 55.6 Å². The van der Waals surface area contributed by atoms with Crippen LogP contribution in [0.3, 0.4) is 0 Å². The van der Waals surface area contributed by atoms with Gasteiger partial charge in [0.15, 0.2) is 5.82 Å². The van der Waals surface area contributed by atoms with Crippen molar-refractivity contribution in [3.8, 4) is 0 Å². The average Bonchev–Trinajstić information content (AvgIpc) is 2.78. The number of hydrogen-bond donors (Lipinski definition) is 1. The molecule has 0 aliphatic carbocycles. The van der Waals surface area contributed by atoms with Crippen molar-refractivity contribution in [2.75, 3.05) is 6.54 Å². The summed E-state index contributed by atoms with van der Waals surface area (Å²) in [6.45, 7) is 3.06. The van der Waals surface area contributed by atoms with Gasteiger partial charge in [0.05, 0.1) is 5.69 Å². The predicted octanol–water partition coefficient (Wildman–Crippen LogP) is 1.30. The number of nitrogens with zero attached hydrogens (tertiary/aromatic N) is 4. The van der Waals surface area contributed by atoms with E-state index in [1.807, 2.05) is 23.9 Å². The Kier molecular flexibility index (Phi) is 3.82. The van der Waals surface area contributed by atoms with Crippen molar-refractivity contribution in [3.05, 3.63) is 42.2 Å². The normalized spacial score (nSPS) is 12.6. The summed E-state index contributed by atoms with van der Waals surface area (Å²) in [6.07, 6.45) is 6.39. The van der Waals surface area contributed by atoms with E-state index in [-0.39, 0.29) is 6.04 Å². The second kappa shape index (κ2) is 5.54. The van der Waals surface area contributed by atoms with Crippen molar-refractivity contribution in [1.82, 2.24) is 25.1 Å². The van der Waals surface area contributed by atoms with Gasteiger partial charge in [0.2, 0.25) is 0 Å². The molecule has 2 rings (SSSR count). The van der Waals surface area contributed by atoms with Gasteiger partial charge in [-0.2, -0.15) is 5.10 Å². The van der Waals surface area contributed by atoms with Crippen LogP contribution in [0.15, 0.2) is 30.7 Å². The van der Waals surface area contributed by atoms with E-state index in [0.717, 1.165) is 24.5 Å². The molecule has 5 nitrogen and oxygen atoms in total. The molecule has 1 unspecified atom stereocenters. The minimum Gasteiger partial charge on any atom is -0.302 e. The van der Waals surface area contributed by atoms with Gasteiger partial charge in [-0.15, -0.1) is 0 Å². The molecule has 0 aliphatic rings. The van der Waals surface area contributed by atoms with Crippen LogP contribution in [-0.2, 0) is 7.05 Å². The molecule has 2 aromatic heterocycles. The SMILES string of the molecule is CCCNC(c1ncccn1)c1ccnn1C. The van der Waals surface area contributed by atoms with Gasteiger partial charge < -0.3 is 5.32 Å². The van der Waals surface area contributed by atoms with Gasteiger partial charge in [-0.05, 0) is 25.1 Å². The van der Waals surface area contributed by atoms with Gasteiger partial charge in [0, 0.05) is 25.6 Å². The zero-order valence-electron chi connectivity index (χ0n) is 10.2. The summed E-state index contributed by atoms with van der Waals surface area (Å²) in [7, 11) is 1.93. The monoisotopic (exact) mass is 231 g/mol. The molecule has 0 spiro atoms. The zero-order valence-corrected chi connectivity index (χ0v) is 10.2. The molecule has 0 bridgehead atoms. The molecule has 0 aromatic carbocycles. The quantitative estimate of drug-likeness (QED) is 0.842. The fraction of sp³-hybridized carbons (Fsp3) is 0.417. The molecule has 5 heteroatoms. The van der Waals surface area contributed by atoms with Crippen LogP contribution in [0.4, 0.5) is 0 Å². The summed E-state index contributed by atoms with van der Waals surface area (Å²) in [6, 6.07) is 3.82. The summed E-state index contributed by atoms with van der Waals surface area (Å²) in [5.41, 5.74) is 1.07. The average molecular weight is 231 g/mol. The Morgan fingerprint density at radius 1 is 1.29 bits per heavy atom. The lowest BCUT2D eigenvalue weighted by atomic mass is 10.2. The lowest BCUT2D eigenvalue weighted by Gasteiger charge is -2.17. The van der Waals surface area contributed by atoms with Crippen LogP contribution in [0.1, 0.15) is 30.9 Å². The van der Waals surface area contributed by atoms with Crippen molar-refractivity contribution >= 4 is 0 Å². The maximum Gasteiger partial charge on any atom is 0.151 e. The minimum atomic E-state index is 0.00338. The third-order valence-electron chi connectivity index (χ3n) is 2.60. The van der Waals surface area contributed by atoms with Crippen molar-refractivity contribution < 1.29 is 0 Å². The molecule has 0 amide bonds. The van der Waals surface area contributed by atoms with Gasteiger partial charge >= 0.3 is 0 Å². The highest BCUT2D eigenvalue weighted by atomic mass is 15.3. The molecule has 0 radical (unpaired) electrons. The van der Waals surface area contributed by atoms with Crippen LogP contribution in [-0.4, -0.2) is 26.3 Å². The van der Waals surface area contributed by atoms with E-state index in [9.17, 15) is 0 Å². The first-order chi connectivity index (χ1) is 8.33. The molecule has 0 saturated carbocycles. The van der Waals surface area contributed by atoms with E-state index in [0.29, 0.717) is 0 Å². The fourth-order valence-electron chi connectivity index (χ4n) is 1.74. The van der Waals surface area contributed by atoms with Crippen molar-refractivity contribution in [2.45, 2.75) is 19.4 Å². The molecule has 0 aliphatic heterocycles. The van der Waals surface area contributed by atoms with Gasteiger partial charge in [0.25, 0.3) is 0 Å². The van der Waals surface area contributed by atoms with Crippen LogP contribution < -0.4 is 5.32 Å². The number of rotatable bonds is 5. The maximum atomic E-state index is 4.31. The summed E-state index contributed by atoms with van der Waals surface area (Å²) in [5.74, 6) is 0.782. The van der Waals surface area contributed by atoms with Gasteiger partial charge in [-0.3, -0.25) is 4.68 Å². The van der Waals surface area contributed by atoms with Crippen molar-refractivity contribution in [2.24, 2.45) is 7.05 Å². The summed E-state index contributed by atoms with van der Waals surface area (Å²) in [4.78, 5) is 8.63. The van der Waals surface area contributed by atoms with E-state index < -0.39 is 0 Å². The molecule has 1 N–H and O–H groups in total. The van der Waals surface area contributed by atoms with Crippen LogP contribution >= 0.6 is 0 Å². The number of aromatic nitrogens is 4. The van der Waals surface area contributed by atoms with Crippen LogP contribution in [0.5, 0.6) is 0 Å². The van der Waals surface area contributed by atoms with Crippen LogP contribution in [0, 0.1) is 0 Å². The molecule has 0 fully saturated rings. The molecular formula is C12H17N5. The Morgan fingerprint density at radius 3 is 2.65 bits per heavy atom. The third-order valence-corrected chi connectivity index (χ3v) is 2.60. The van der Waals surface area contributed by atoms with Crippen LogP contribution in [0.25, 0.3) is 0 Å². The lowest BCUT2D eigenvalue weighted by molar-refractivity contribution is 0.532. The maximum absolute atomic E-state index is 4.31. The van der Waals surface area contributed by atoms with Crippen LogP contribution in [0.2, 0.25) is 0 Å². The first-order valence-corrected chi connectivity index (χ1v) is 5.81. The molecule has 2 aromatic rings. The Morgan fingerprint density at radius 2 is 2.06 bits per heavy atom. The standard InChI is InChI=1S/C12H17N5/c1-3-6-13-11(10-5-9-16-17(10)2)12-14-7-4-8-15-12/h4-5,7-9,11,13H,3,6H2,1-2H3. The second-order valence-electron chi connectivity index (χ2n) is 3.87. The molecule has 1 atom stereocenters. The second-order valence-corrected chi connectivity index (χ2v) is 3.87. The van der Waals surface area contributed by atoms with Crippen molar-refractivity contribution in [1.29, 1.82) is 0 Å². The fourth-order valence-corrected chi connectivity index (χ4v) is 1.74. The summed E-state index contributed by atoms with van der Waals surface area (Å²) in [5, 5.41) is 7.64. The van der Waals surface area contributed by atoms with E-state index >= 15 is 0 Å². The van der Waals surface area contributed by atoms with Crippen molar-refractivity contribution in [3.63, 3.8) is 0 Å². The number of hydrogen-bond acceptors (Lipinski definition) is 4. The summed E-state index contributed by atoms with van der Waals surface area (Å²) >= 11 is 0. The predicted molar refractivity (Wildman–Crippen MR) is 65.4 cm³/mol. The van der Waals surface area contributed by atoms with Gasteiger partial charge in [-0.25, -0.2) is 9.97 Å².